The van der Waals surface area contributed by atoms with Gasteiger partial charge in [-0.05, 0) is 18.2 Å². The molecule has 124 valence electrons. The van der Waals surface area contributed by atoms with E-state index < -0.39 is 10.7 Å². The second-order valence-corrected chi connectivity index (χ2v) is 5.26. The van der Waals surface area contributed by atoms with Gasteiger partial charge in [0.15, 0.2) is 5.75 Å². The van der Waals surface area contributed by atoms with Crippen LogP contribution in [0, 0.1) is 10.1 Å². The molecule has 7 heteroatoms. The van der Waals surface area contributed by atoms with E-state index in [9.17, 15) is 15.2 Å². The number of para-hydroxylation sites is 1. The summed E-state index contributed by atoms with van der Waals surface area (Å²) in [7, 11) is 0. The first kappa shape index (κ1) is 17.4. The van der Waals surface area contributed by atoms with Crippen LogP contribution in [0.25, 0.3) is 10.4 Å². The standard InChI is InChI=1S/C15H10N2O4S.C2H6/c18-13-7-10(5-6-12(13)17(19)20)21-14-4-2-1-3-11(14)15-8-16-9-22-15;1-2/h1-9,18H;1-2H3. The van der Waals surface area contributed by atoms with Gasteiger partial charge in [-0.15, -0.1) is 11.3 Å². The largest absolute Gasteiger partial charge is 0.502 e. The monoisotopic (exact) mass is 344 g/mol. The zero-order chi connectivity index (χ0) is 17.5. The lowest BCUT2D eigenvalue weighted by Gasteiger charge is -2.10. The van der Waals surface area contributed by atoms with Crippen molar-refractivity contribution in [3.8, 4) is 27.7 Å². The minimum absolute atomic E-state index is 0.320. The molecule has 1 aromatic heterocycles. The van der Waals surface area contributed by atoms with E-state index in [1.165, 1.54) is 29.5 Å². The second kappa shape index (κ2) is 8.07. The number of rotatable bonds is 4. The van der Waals surface area contributed by atoms with Crippen LogP contribution in [0.2, 0.25) is 0 Å². The zero-order valence-corrected chi connectivity index (χ0v) is 14.0. The third-order valence-electron chi connectivity index (χ3n) is 2.96. The first-order valence-corrected chi connectivity index (χ1v) is 8.16. The molecule has 0 atom stereocenters. The SMILES string of the molecule is CC.O=[N+]([O-])c1ccc(Oc2ccccc2-c2cncs2)cc1O. The van der Waals surface area contributed by atoms with Crippen LogP contribution in [0.4, 0.5) is 5.69 Å². The summed E-state index contributed by atoms with van der Waals surface area (Å²) in [6.45, 7) is 4.00. The van der Waals surface area contributed by atoms with E-state index >= 15 is 0 Å². The second-order valence-electron chi connectivity index (χ2n) is 4.37. The van der Waals surface area contributed by atoms with Crippen molar-refractivity contribution in [3.05, 3.63) is 64.3 Å². The Hall–Kier alpha value is -2.93. The Bertz CT molecular complexity index is 819. The summed E-state index contributed by atoms with van der Waals surface area (Å²) in [6.07, 6.45) is 1.74. The molecule has 0 unspecified atom stereocenters. The van der Waals surface area contributed by atoms with Crippen LogP contribution in [0.5, 0.6) is 17.2 Å². The predicted molar refractivity (Wildman–Crippen MR) is 93.7 cm³/mol. The number of nitrogens with zero attached hydrogens (tertiary/aromatic N) is 2. The third-order valence-corrected chi connectivity index (χ3v) is 3.76. The summed E-state index contributed by atoms with van der Waals surface area (Å²) in [6, 6.07) is 11.3. The molecule has 0 saturated carbocycles. The van der Waals surface area contributed by atoms with Crippen LogP contribution in [-0.4, -0.2) is 15.0 Å². The topological polar surface area (TPSA) is 85.5 Å². The number of phenolic OH excluding ortho intramolecular Hbond substituents is 1. The Labute approximate surface area is 143 Å². The maximum Gasteiger partial charge on any atom is 0.310 e. The molecule has 0 spiro atoms. The highest BCUT2D eigenvalue weighted by atomic mass is 32.1. The summed E-state index contributed by atoms with van der Waals surface area (Å²) >= 11 is 1.48. The smallest absolute Gasteiger partial charge is 0.310 e. The molecule has 0 saturated heterocycles. The third kappa shape index (κ3) is 3.88. The van der Waals surface area contributed by atoms with Crippen LogP contribution < -0.4 is 4.74 Å². The van der Waals surface area contributed by atoms with Crippen molar-refractivity contribution in [3.63, 3.8) is 0 Å². The lowest BCUT2D eigenvalue weighted by molar-refractivity contribution is -0.385. The summed E-state index contributed by atoms with van der Waals surface area (Å²) in [5.41, 5.74) is 2.23. The molecule has 2 aromatic carbocycles. The van der Waals surface area contributed by atoms with Gasteiger partial charge in [0.25, 0.3) is 0 Å². The van der Waals surface area contributed by atoms with Crippen molar-refractivity contribution in [1.29, 1.82) is 0 Å². The summed E-state index contributed by atoms with van der Waals surface area (Å²) in [5, 5.41) is 20.4. The number of ether oxygens (including phenoxy) is 1. The number of thiazole rings is 1. The fourth-order valence-electron chi connectivity index (χ4n) is 1.96. The molecular weight excluding hydrogens is 328 g/mol. The number of nitro groups is 1. The van der Waals surface area contributed by atoms with Gasteiger partial charge in [-0.2, -0.15) is 0 Å². The average Bonchev–Trinajstić information content (AvgIpc) is 3.11. The number of hydrogen-bond acceptors (Lipinski definition) is 6. The van der Waals surface area contributed by atoms with E-state index in [0.29, 0.717) is 11.5 Å². The number of benzene rings is 2. The minimum Gasteiger partial charge on any atom is -0.502 e. The van der Waals surface area contributed by atoms with E-state index in [4.69, 9.17) is 4.74 Å². The average molecular weight is 344 g/mol. The van der Waals surface area contributed by atoms with Gasteiger partial charge in [-0.25, -0.2) is 0 Å². The van der Waals surface area contributed by atoms with Gasteiger partial charge in [0.05, 0.1) is 15.3 Å². The molecule has 0 fully saturated rings. The number of aromatic nitrogens is 1. The van der Waals surface area contributed by atoms with Gasteiger partial charge < -0.3 is 9.84 Å². The summed E-state index contributed by atoms with van der Waals surface area (Å²) < 4.78 is 5.75. The maximum atomic E-state index is 10.7. The number of phenols is 1. The normalized spacial score (nSPS) is 9.75. The molecule has 0 aliphatic carbocycles. The van der Waals surface area contributed by atoms with Gasteiger partial charge in [-0.3, -0.25) is 15.1 Å². The molecule has 6 nitrogen and oxygen atoms in total. The Balaban J connectivity index is 0.00000100. The summed E-state index contributed by atoms with van der Waals surface area (Å²) in [5.74, 6) is 0.470. The van der Waals surface area contributed by atoms with Crippen LogP contribution in [0.1, 0.15) is 13.8 Å². The number of hydrogen-bond donors (Lipinski definition) is 1. The van der Waals surface area contributed by atoms with Crippen molar-refractivity contribution >= 4 is 17.0 Å². The predicted octanol–water partition coefficient (Wildman–Crippen LogP) is 5.24. The molecule has 24 heavy (non-hydrogen) atoms. The summed E-state index contributed by atoms with van der Waals surface area (Å²) in [4.78, 5) is 15.0. The molecular formula is C17H16N2O4S. The van der Waals surface area contributed by atoms with Gasteiger partial charge >= 0.3 is 5.69 Å². The molecule has 0 aliphatic heterocycles. The fraction of sp³-hybridized carbons (Fsp3) is 0.118. The van der Waals surface area contributed by atoms with Crippen LogP contribution in [0.15, 0.2) is 54.2 Å². The Morgan fingerprint density at radius 3 is 2.58 bits per heavy atom. The Kier molecular flexibility index (Phi) is 5.86. The van der Waals surface area contributed by atoms with Gasteiger partial charge in [0, 0.05) is 23.9 Å². The number of nitro benzene ring substituents is 1. The highest BCUT2D eigenvalue weighted by Crippen LogP contribution is 2.37. The Morgan fingerprint density at radius 2 is 1.96 bits per heavy atom. The maximum absolute atomic E-state index is 10.7. The van der Waals surface area contributed by atoms with Crippen LogP contribution >= 0.6 is 11.3 Å². The molecule has 0 amide bonds. The van der Waals surface area contributed by atoms with E-state index in [1.807, 2.05) is 32.0 Å². The molecule has 1 heterocycles. The number of aromatic hydroxyl groups is 1. The molecule has 0 aliphatic rings. The van der Waals surface area contributed by atoms with Gasteiger partial charge in [0.2, 0.25) is 0 Å². The minimum atomic E-state index is -0.648. The van der Waals surface area contributed by atoms with Gasteiger partial charge in [0.1, 0.15) is 11.5 Å². The van der Waals surface area contributed by atoms with E-state index in [-0.39, 0.29) is 5.69 Å². The molecule has 3 rings (SSSR count). The quantitative estimate of drug-likeness (QED) is 0.516. The van der Waals surface area contributed by atoms with E-state index in [0.717, 1.165) is 10.4 Å². The van der Waals surface area contributed by atoms with Crippen molar-refractivity contribution in [2.75, 3.05) is 0 Å². The van der Waals surface area contributed by atoms with E-state index in [2.05, 4.69) is 4.98 Å². The fourth-order valence-corrected chi connectivity index (χ4v) is 2.61. The first-order valence-electron chi connectivity index (χ1n) is 7.28. The van der Waals surface area contributed by atoms with Crippen molar-refractivity contribution in [2.45, 2.75) is 13.8 Å². The van der Waals surface area contributed by atoms with Crippen molar-refractivity contribution < 1.29 is 14.8 Å². The lowest BCUT2D eigenvalue weighted by Crippen LogP contribution is -1.90. The van der Waals surface area contributed by atoms with Crippen LogP contribution in [0.3, 0.4) is 0 Å². The van der Waals surface area contributed by atoms with Crippen molar-refractivity contribution in [2.24, 2.45) is 0 Å². The molecule has 3 aromatic rings. The lowest BCUT2D eigenvalue weighted by atomic mass is 10.2. The molecule has 1 N–H and O–H groups in total. The highest BCUT2D eigenvalue weighted by molar-refractivity contribution is 7.13. The first-order chi connectivity index (χ1) is 11.6. The van der Waals surface area contributed by atoms with Crippen molar-refractivity contribution in [1.82, 2.24) is 4.98 Å². The van der Waals surface area contributed by atoms with Gasteiger partial charge in [-0.1, -0.05) is 26.0 Å². The van der Waals surface area contributed by atoms with Crippen LogP contribution in [-0.2, 0) is 0 Å². The molecule has 0 radical (unpaired) electrons. The Morgan fingerprint density at radius 1 is 1.21 bits per heavy atom. The molecule has 0 bridgehead atoms. The van der Waals surface area contributed by atoms with E-state index in [1.54, 1.807) is 17.8 Å². The highest BCUT2D eigenvalue weighted by Gasteiger charge is 2.15. The zero-order valence-electron chi connectivity index (χ0n) is 13.2.